The Labute approximate surface area is 169 Å². The van der Waals surface area contributed by atoms with Gasteiger partial charge in [-0.15, -0.1) is 0 Å². The summed E-state index contributed by atoms with van der Waals surface area (Å²) in [5.41, 5.74) is 1.47. The number of H-pyrrole nitrogens is 1. The summed E-state index contributed by atoms with van der Waals surface area (Å²) in [7, 11) is 1.45. The van der Waals surface area contributed by atoms with Crippen LogP contribution in [-0.4, -0.2) is 22.0 Å². The van der Waals surface area contributed by atoms with E-state index in [1.807, 2.05) is 6.07 Å². The molecule has 1 N–H and O–H groups in total. The average Bonchev–Trinajstić information content (AvgIpc) is 3.37. The maximum absolute atomic E-state index is 13.4. The number of hydrogen-bond acceptors (Lipinski definition) is 6. The minimum absolute atomic E-state index is 0.105. The number of imidazole rings is 1. The molecule has 0 fully saturated rings. The predicted molar refractivity (Wildman–Crippen MR) is 107 cm³/mol. The molecule has 30 heavy (non-hydrogen) atoms. The fraction of sp³-hybridized carbons (Fsp3) is 0.0476. The molecule has 0 atom stereocenters. The lowest BCUT2D eigenvalue weighted by Crippen LogP contribution is -1.91. The first kappa shape index (κ1) is 18.9. The monoisotopic (exact) mass is 404 g/mol. The number of aromatic nitrogens is 2. The highest BCUT2D eigenvalue weighted by molar-refractivity contribution is 5.89. The first-order valence-electron chi connectivity index (χ1n) is 8.68. The molecule has 0 unspecified atom stereocenters. The highest BCUT2D eigenvalue weighted by Gasteiger charge is 2.16. The number of nitro groups is 1. The van der Waals surface area contributed by atoms with Gasteiger partial charge in [-0.25, -0.2) is 9.37 Å². The van der Waals surface area contributed by atoms with Crippen molar-refractivity contribution >= 4 is 28.4 Å². The number of nitriles is 1. The van der Waals surface area contributed by atoms with E-state index in [2.05, 4.69) is 9.97 Å². The molecule has 0 radical (unpaired) electrons. The molecule has 2 aromatic heterocycles. The van der Waals surface area contributed by atoms with Gasteiger partial charge in [0.15, 0.2) is 0 Å². The number of ether oxygens (including phenoxy) is 1. The molecule has 0 aliphatic rings. The fourth-order valence-electron chi connectivity index (χ4n) is 2.98. The van der Waals surface area contributed by atoms with Gasteiger partial charge in [0.2, 0.25) is 0 Å². The van der Waals surface area contributed by atoms with Crippen molar-refractivity contribution in [2.45, 2.75) is 0 Å². The van der Waals surface area contributed by atoms with E-state index >= 15 is 0 Å². The molecular weight excluding hydrogens is 391 g/mol. The fourth-order valence-corrected chi connectivity index (χ4v) is 2.98. The first-order chi connectivity index (χ1) is 14.5. The maximum Gasteiger partial charge on any atom is 0.270 e. The number of benzene rings is 2. The van der Waals surface area contributed by atoms with E-state index in [-0.39, 0.29) is 17.1 Å². The SMILES string of the molecule is COc1ccc([N+](=O)[O-])cc1-c1ccc(/C=C(/C#N)c2nc3ccc(F)cc3[nH]2)o1. The molecule has 0 amide bonds. The van der Waals surface area contributed by atoms with Crippen LogP contribution >= 0.6 is 0 Å². The molecule has 8 nitrogen and oxygen atoms in total. The van der Waals surface area contributed by atoms with Crippen LogP contribution < -0.4 is 4.74 Å². The lowest BCUT2D eigenvalue weighted by Gasteiger charge is -2.05. The molecule has 0 aliphatic heterocycles. The van der Waals surface area contributed by atoms with Crippen molar-refractivity contribution in [3.63, 3.8) is 0 Å². The normalized spacial score (nSPS) is 11.4. The zero-order chi connectivity index (χ0) is 21.3. The Morgan fingerprint density at radius 3 is 2.87 bits per heavy atom. The zero-order valence-corrected chi connectivity index (χ0v) is 15.5. The van der Waals surface area contributed by atoms with Crippen LogP contribution in [0, 0.1) is 27.3 Å². The number of non-ortho nitro benzene ring substituents is 1. The number of aromatic amines is 1. The third-order valence-corrected chi connectivity index (χ3v) is 4.39. The molecule has 0 saturated carbocycles. The van der Waals surface area contributed by atoms with E-state index in [9.17, 15) is 19.8 Å². The van der Waals surface area contributed by atoms with Crippen LogP contribution in [-0.2, 0) is 0 Å². The largest absolute Gasteiger partial charge is 0.496 e. The quantitative estimate of drug-likeness (QED) is 0.286. The Bertz CT molecular complexity index is 1350. The van der Waals surface area contributed by atoms with Gasteiger partial charge >= 0.3 is 0 Å². The van der Waals surface area contributed by atoms with Gasteiger partial charge in [-0.2, -0.15) is 5.26 Å². The van der Waals surface area contributed by atoms with Crippen molar-refractivity contribution in [1.29, 1.82) is 5.26 Å². The Balaban J connectivity index is 1.72. The van der Waals surface area contributed by atoms with E-state index in [1.54, 1.807) is 12.1 Å². The average molecular weight is 404 g/mol. The predicted octanol–water partition coefficient (Wildman–Crippen LogP) is 4.94. The molecule has 0 bridgehead atoms. The second-order valence-electron chi connectivity index (χ2n) is 6.26. The van der Waals surface area contributed by atoms with Crippen molar-refractivity contribution in [2.75, 3.05) is 7.11 Å². The van der Waals surface area contributed by atoms with Gasteiger partial charge in [0, 0.05) is 18.2 Å². The van der Waals surface area contributed by atoms with Crippen molar-refractivity contribution in [3.8, 4) is 23.1 Å². The molecule has 2 aromatic carbocycles. The number of nitrogens with zero attached hydrogens (tertiary/aromatic N) is 3. The van der Waals surface area contributed by atoms with Crippen LogP contribution in [0.15, 0.2) is 52.9 Å². The molecule has 0 saturated heterocycles. The Kier molecular flexibility index (Phi) is 4.74. The van der Waals surface area contributed by atoms with E-state index in [0.717, 1.165) is 0 Å². The van der Waals surface area contributed by atoms with E-state index in [0.29, 0.717) is 33.9 Å². The van der Waals surface area contributed by atoms with Gasteiger partial charge in [-0.3, -0.25) is 10.1 Å². The molecule has 4 rings (SSSR count). The van der Waals surface area contributed by atoms with Crippen LogP contribution in [0.4, 0.5) is 10.1 Å². The minimum Gasteiger partial charge on any atom is -0.496 e. The molecule has 0 spiro atoms. The topological polar surface area (TPSA) is 118 Å². The van der Waals surface area contributed by atoms with Crippen LogP contribution in [0.2, 0.25) is 0 Å². The van der Waals surface area contributed by atoms with Crippen molar-refractivity contribution in [2.24, 2.45) is 0 Å². The second-order valence-corrected chi connectivity index (χ2v) is 6.26. The number of furan rings is 1. The van der Waals surface area contributed by atoms with Crippen molar-refractivity contribution in [3.05, 3.63) is 76.0 Å². The number of nitro benzene ring substituents is 1. The molecule has 4 aromatic rings. The van der Waals surface area contributed by atoms with Gasteiger partial charge in [0.25, 0.3) is 5.69 Å². The van der Waals surface area contributed by atoms with Gasteiger partial charge in [0.05, 0.1) is 34.2 Å². The zero-order valence-electron chi connectivity index (χ0n) is 15.5. The van der Waals surface area contributed by atoms with Crippen LogP contribution in [0.5, 0.6) is 5.75 Å². The summed E-state index contributed by atoms with van der Waals surface area (Å²) >= 11 is 0. The van der Waals surface area contributed by atoms with E-state index in [4.69, 9.17) is 9.15 Å². The summed E-state index contributed by atoms with van der Waals surface area (Å²) < 4.78 is 24.4. The third-order valence-electron chi connectivity index (χ3n) is 4.39. The molecule has 0 aliphatic carbocycles. The highest BCUT2D eigenvalue weighted by Crippen LogP contribution is 2.35. The van der Waals surface area contributed by atoms with Crippen molar-refractivity contribution < 1.29 is 18.5 Å². The van der Waals surface area contributed by atoms with E-state index < -0.39 is 10.7 Å². The van der Waals surface area contributed by atoms with Crippen LogP contribution in [0.25, 0.3) is 34.0 Å². The minimum atomic E-state index is -0.509. The summed E-state index contributed by atoms with van der Waals surface area (Å²) in [5, 5.41) is 20.6. The summed E-state index contributed by atoms with van der Waals surface area (Å²) in [6.07, 6.45) is 1.47. The first-order valence-corrected chi connectivity index (χ1v) is 8.68. The number of rotatable bonds is 5. The molecule has 9 heteroatoms. The maximum atomic E-state index is 13.4. The number of allylic oxidation sites excluding steroid dienone is 1. The highest BCUT2D eigenvalue weighted by atomic mass is 19.1. The van der Waals surface area contributed by atoms with Crippen LogP contribution in [0.3, 0.4) is 0 Å². The smallest absolute Gasteiger partial charge is 0.270 e. The number of nitrogens with one attached hydrogen (secondary N) is 1. The molecular formula is C21H13FN4O4. The number of halogens is 1. The third kappa shape index (κ3) is 3.49. The van der Waals surface area contributed by atoms with Crippen molar-refractivity contribution in [1.82, 2.24) is 9.97 Å². The number of methoxy groups -OCH3 is 1. The number of fused-ring (bicyclic) bond motifs is 1. The van der Waals surface area contributed by atoms with Gasteiger partial charge in [-0.1, -0.05) is 0 Å². The molecule has 148 valence electrons. The summed E-state index contributed by atoms with van der Waals surface area (Å²) in [6.45, 7) is 0. The van der Waals surface area contributed by atoms with E-state index in [1.165, 1.54) is 49.6 Å². The standard InChI is InChI=1S/C21H13FN4O4/c1-29-19-6-3-14(26(27)28)10-16(19)20-7-4-15(30-20)8-12(11-23)21-24-17-5-2-13(22)9-18(17)25-21/h2-10H,1H3,(H,24,25)/b12-8-. The van der Waals surface area contributed by atoms with Gasteiger partial charge < -0.3 is 14.1 Å². The lowest BCUT2D eigenvalue weighted by molar-refractivity contribution is -0.384. The summed E-state index contributed by atoms with van der Waals surface area (Å²) in [6, 6.07) is 13.5. The summed E-state index contributed by atoms with van der Waals surface area (Å²) in [4.78, 5) is 17.8. The Hall–Kier alpha value is -4.45. The Morgan fingerprint density at radius 1 is 1.30 bits per heavy atom. The summed E-state index contributed by atoms with van der Waals surface area (Å²) in [5.74, 6) is 0.934. The number of hydrogen-bond donors (Lipinski definition) is 1. The molecule has 2 heterocycles. The second kappa shape index (κ2) is 7.52. The van der Waals surface area contributed by atoms with Gasteiger partial charge in [0.1, 0.15) is 35.0 Å². The van der Waals surface area contributed by atoms with Gasteiger partial charge in [-0.05, 0) is 36.4 Å². The lowest BCUT2D eigenvalue weighted by atomic mass is 10.1. The Morgan fingerprint density at radius 2 is 2.13 bits per heavy atom. The van der Waals surface area contributed by atoms with Crippen LogP contribution in [0.1, 0.15) is 11.6 Å².